The zero-order valence-electron chi connectivity index (χ0n) is 15.0. The summed E-state index contributed by atoms with van der Waals surface area (Å²) in [5.41, 5.74) is 1.89. The third-order valence-electron chi connectivity index (χ3n) is 3.63. The van der Waals surface area contributed by atoms with Crippen LogP contribution in [0.4, 0.5) is 11.4 Å². The SMILES string of the molecule is CC(=O)C(=O)Nc1ccc(C#Cc2cc(C(=O)O)c(O)cc2N(C)C)cc1. The lowest BCUT2D eigenvalue weighted by Gasteiger charge is -2.16. The molecule has 0 aliphatic rings. The van der Waals surface area contributed by atoms with Crippen LogP contribution >= 0.6 is 0 Å². The Balaban J connectivity index is 2.34. The number of aromatic hydroxyl groups is 1. The predicted octanol–water partition coefficient (Wildman–Crippen LogP) is 2.08. The number of phenols is 1. The molecule has 0 bridgehead atoms. The number of anilines is 2. The van der Waals surface area contributed by atoms with Gasteiger partial charge in [-0.05, 0) is 30.3 Å². The lowest BCUT2D eigenvalue weighted by Crippen LogP contribution is -2.19. The van der Waals surface area contributed by atoms with Crippen molar-refractivity contribution >= 4 is 29.0 Å². The maximum atomic E-state index is 11.4. The molecule has 27 heavy (non-hydrogen) atoms. The molecule has 3 N–H and O–H groups in total. The Bertz CT molecular complexity index is 966. The molecule has 0 saturated heterocycles. The minimum absolute atomic E-state index is 0.229. The maximum absolute atomic E-state index is 11.4. The summed E-state index contributed by atoms with van der Waals surface area (Å²) in [6.45, 7) is 1.18. The molecule has 0 spiro atoms. The van der Waals surface area contributed by atoms with Gasteiger partial charge in [0.05, 0.1) is 5.69 Å². The molecule has 2 rings (SSSR count). The summed E-state index contributed by atoms with van der Waals surface area (Å²) in [6, 6.07) is 9.22. The standard InChI is InChI=1S/C20H18N2O5/c1-12(23)19(25)21-15-8-5-13(6-9-15)4-7-14-10-16(20(26)27)18(24)11-17(14)22(2)3/h5-6,8-11,24H,1-3H3,(H,21,25)(H,26,27). The van der Waals surface area contributed by atoms with E-state index in [1.807, 2.05) is 0 Å². The summed E-state index contributed by atoms with van der Waals surface area (Å²) in [7, 11) is 3.51. The van der Waals surface area contributed by atoms with Crippen LogP contribution in [0.3, 0.4) is 0 Å². The molecular formula is C20H18N2O5. The number of carboxylic acid groups (broad SMARTS) is 1. The summed E-state index contributed by atoms with van der Waals surface area (Å²) in [6.07, 6.45) is 0. The summed E-state index contributed by atoms with van der Waals surface area (Å²) < 4.78 is 0. The second kappa shape index (κ2) is 8.06. The van der Waals surface area contributed by atoms with E-state index in [4.69, 9.17) is 5.11 Å². The van der Waals surface area contributed by atoms with E-state index in [1.54, 1.807) is 43.3 Å². The van der Waals surface area contributed by atoms with Crippen molar-refractivity contribution in [2.45, 2.75) is 6.92 Å². The largest absolute Gasteiger partial charge is 0.507 e. The van der Waals surface area contributed by atoms with Crippen molar-refractivity contribution in [1.29, 1.82) is 0 Å². The molecule has 0 aromatic heterocycles. The van der Waals surface area contributed by atoms with Crippen LogP contribution in [0.1, 0.15) is 28.4 Å². The van der Waals surface area contributed by atoms with Gasteiger partial charge in [0.25, 0.3) is 5.91 Å². The Labute approximate surface area is 156 Å². The van der Waals surface area contributed by atoms with Crippen LogP contribution in [0.5, 0.6) is 5.75 Å². The number of nitrogens with zero attached hydrogens (tertiary/aromatic N) is 1. The number of benzene rings is 2. The minimum Gasteiger partial charge on any atom is -0.507 e. The fourth-order valence-corrected chi connectivity index (χ4v) is 2.21. The molecule has 0 unspecified atom stereocenters. The van der Waals surface area contributed by atoms with Crippen LogP contribution in [0.15, 0.2) is 36.4 Å². The maximum Gasteiger partial charge on any atom is 0.339 e. The molecule has 0 saturated carbocycles. The van der Waals surface area contributed by atoms with Crippen molar-refractivity contribution in [2.24, 2.45) is 0 Å². The van der Waals surface area contributed by atoms with Gasteiger partial charge in [-0.2, -0.15) is 0 Å². The quantitative estimate of drug-likeness (QED) is 0.565. The summed E-state index contributed by atoms with van der Waals surface area (Å²) in [5, 5.41) is 21.5. The number of amides is 1. The van der Waals surface area contributed by atoms with Crippen LogP contribution in [0, 0.1) is 11.8 Å². The lowest BCUT2D eigenvalue weighted by atomic mass is 10.1. The van der Waals surface area contributed by atoms with Gasteiger partial charge in [0.2, 0.25) is 5.78 Å². The van der Waals surface area contributed by atoms with Gasteiger partial charge >= 0.3 is 5.97 Å². The molecule has 1 amide bonds. The van der Waals surface area contributed by atoms with Gasteiger partial charge in [0.15, 0.2) is 0 Å². The highest BCUT2D eigenvalue weighted by molar-refractivity contribution is 6.39. The fourth-order valence-electron chi connectivity index (χ4n) is 2.21. The first-order valence-electron chi connectivity index (χ1n) is 7.90. The number of carbonyl (C=O) groups excluding carboxylic acids is 2. The molecule has 2 aromatic rings. The normalized spacial score (nSPS) is 9.74. The van der Waals surface area contributed by atoms with Gasteiger partial charge in [0, 0.05) is 43.9 Å². The van der Waals surface area contributed by atoms with E-state index in [9.17, 15) is 19.5 Å². The van der Waals surface area contributed by atoms with Crippen LogP contribution < -0.4 is 10.2 Å². The van der Waals surface area contributed by atoms with Crippen LogP contribution in [0.2, 0.25) is 0 Å². The third kappa shape index (κ3) is 4.86. The molecule has 0 fully saturated rings. The Hall–Kier alpha value is -3.79. The lowest BCUT2D eigenvalue weighted by molar-refractivity contribution is -0.133. The molecule has 2 aromatic carbocycles. The highest BCUT2D eigenvalue weighted by Gasteiger charge is 2.14. The van der Waals surface area contributed by atoms with Crippen molar-refractivity contribution in [2.75, 3.05) is 24.3 Å². The number of carboxylic acids is 1. The van der Waals surface area contributed by atoms with Crippen LogP contribution in [0.25, 0.3) is 0 Å². The number of aromatic carboxylic acids is 1. The Kier molecular flexibility index (Phi) is 5.83. The van der Waals surface area contributed by atoms with Crippen molar-refractivity contribution < 1.29 is 24.6 Å². The molecule has 0 aliphatic carbocycles. The number of hydrogen-bond donors (Lipinski definition) is 3. The minimum atomic E-state index is -1.24. The van der Waals surface area contributed by atoms with E-state index in [2.05, 4.69) is 17.2 Å². The van der Waals surface area contributed by atoms with Crippen LogP contribution in [-0.4, -0.2) is 42.0 Å². The first-order valence-corrected chi connectivity index (χ1v) is 7.90. The van der Waals surface area contributed by atoms with E-state index < -0.39 is 17.7 Å². The Morgan fingerprint density at radius 3 is 2.19 bits per heavy atom. The van der Waals surface area contributed by atoms with E-state index in [0.717, 1.165) is 0 Å². The van der Waals surface area contributed by atoms with Crippen LogP contribution in [-0.2, 0) is 9.59 Å². The highest BCUT2D eigenvalue weighted by Crippen LogP contribution is 2.28. The Morgan fingerprint density at radius 1 is 1.04 bits per heavy atom. The molecule has 138 valence electrons. The Morgan fingerprint density at radius 2 is 1.67 bits per heavy atom. The van der Waals surface area contributed by atoms with Gasteiger partial charge in [-0.15, -0.1) is 0 Å². The predicted molar refractivity (Wildman–Crippen MR) is 101 cm³/mol. The first-order chi connectivity index (χ1) is 12.7. The first kappa shape index (κ1) is 19.5. The highest BCUT2D eigenvalue weighted by atomic mass is 16.4. The number of rotatable bonds is 4. The molecular weight excluding hydrogens is 348 g/mol. The van der Waals surface area contributed by atoms with E-state index >= 15 is 0 Å². The van der Waals surface area contributed by atoms with Gasteiger partial charge in [-0.25, -0.2) is 4.79 Å². The second-order valence-corrected chi connectivity index (χ2v) is 5.92. The summed E-state index contributed by atoms with van der Waals surface area (Å²) >= 11 is 0. The number of nitrogens with one attached hydrogen (secondary N) is 1. The van der Waals surface area contributed by atoms with Crippen molar-refractivity contribution in [3.63, 3.8) is 0 Å². The van der Waals surface area contributed by atoms with E-state index in [1.165, 1.54) is 19.1 Å². The smallest absolute Gasteiger partial charge is 0.339 e. The molecule has 7 nitrogen and oxygen atoms in total. The average molecular weight is 366 g/mol. The second-order valence-electron chi connectivity index (χ2n) is 5.92. The molecule has 0 radical (unpaired) electrons. The number of carbonyl (C=O) groups is 3. The number of hydrogen-bond acceptors (Lipinski definition) is 5. The molecule has 0 heterocycles. The average Bonchev–Trinajstić information content (AvgIpc) is 2.61. The van der Waals surface area contributed by atoms with E-state index in [-0.39, 0.29) is 11.3 Å². The fraction of sp³-hybridized carbons (Fsp3) is 0.150. The summed E-state index contributed by atoms with van der Waals surface area (Å²) in [5.74, 6) is 2.96. The van der Waals surface area contributed by atoms with Gasteiger partial charge < -0.3 is 20.4 Å². The van der Waals surface area contributed by atoms with E-state index in [0.29, 0.717) is 22.5 Å². The zero-order valence-corrected chi connectivity index (χ0v) is 15.0. The van der Waals surface area contributed by atoms with Gasteiger partial charge in [-0.3, -0.25) is 9.59 Å². The molecule has 0 aliphatic heterocycles. The molecule has 7 heteroatoms. The zero-order chi connectivity index (χ0) is 20.1. The third-order valence-corrected chi connectivity index (χ3v) is 3.63. The number of ketones is 1. The number of Topliss-reactive ketones (excluding diaryl/α,β-unsaturated/α-hetero) is 1. The van der Waals surface area contributed by atoms with Gasteiger partial charge in [0.1, 0.15) is 11.3 Å². The van der Waals surface area contributed by atoms with Crippen molar-refractivity contribution in [1.82, 2.24) is 0 Å². The van der Waals surface area contributed by atoms with Gasteiger partial charge in [-0.1, -0.05) is 11.8 Å². The summed E-state index contributed by atoms with van der Waals surface area (Å²) in [4.78, 5) is 35.3. The monoisotopic (exact) mass is 366 g/mol. The topological polar surface area (TPSA) is 107 Å². The van der Waals surface area contributed by atoms with Crippen molar-refractivity contribution in [3.8, 4) is 17.6 Å². The molecule has 0 atom stereocenters. The van der Waals surface area contributed by atoms with Crippen molar-refractivity contribution in [3.05, 3.63) is 53.1 Å².